The zero-order valence-corrected chi connectivity index (χ0v) is 23.1. The maximum Gasteiger partial charge on any atom is 0.254 e. The van der Waals surface area contributed by atoms with Crippen LogP contribution in [0.1, 0.15) is 56.5 Å². The average Bonchev–Trinajstić information content (AvgIpc) is 3.67. The van der Waals surface area contributed by atoms with Gasteiger partial charge in [0.1, 0.15) is 5.92 Å². The van der Waals surface area contributed by atoms with E-state index in [2.05, 4.69) is 10.1 Å². The number of ketones is 1. The van der Waals surface area contributed by atoms with Gasteiger partial charge in [0, 0.05) is 12.6 Å². The highest BCUT2D eigenvalue weighted by molar-refractivity contribution is 7.13. The summed E-state index contributed by atoms with van der Waals surface area (Å²) in [5.74, 6) is -0.0304. The molecule has 9 heteroatoms. The van der Waals surface area contributed by atoms with E-state index < -0.39 is 17.4 Å². The smallest absolute Gasteiger partial charge is 0.254 e. The number of aliphatic hydroxyl groups excluding tert-OH is 1. The summed E-state index contributed by atoms with van der Waals surface area (Å²) >= 11 is 1.60. The number of aryl methyl sites for hydroxylation is 1. The molecule has 200 valence electrons. The molecule has 1 aliphatic carbocycles. The molecule has 0 bridgehead atoms. The highest BCUT2D eigenvalue weighted by Gasteiger charge is 2.47. The first-order valence-electron chi connectivity index (χ1n) is 12.9. The molecule has 8 nitrogen and oxygen atoms in total. The van der Waals surface area contributed by atoms with Crippen molar-refractivity contribution >= 4 is 23.0 Å². The van der Waals surface area contributed by atoms with E-state index in [4.69, 9.17) is 9.26 Å². The second kappa shape index (κ2) is 10.1. The second-order valence-electron chi connectivity index (χ2n) is 10.8. The molecule has 0 radical (unpaired) electrons. The SMILES string of the molecule is COc1cc([C@@H](C(=O)N2C[C@H](O)C[C@H]2C2=CC(=O)[C@@](C)(c3ccc(-c4scnc4C)cc3)C2)C(C)C)on1. The van der Waals surface area contributed by atoms with Crippen LogP contribution in [0.5, 0.6) is 5.88 Å². The lowest BCUT2D eigenvalue weighted by Crippen LogP contribution is -2.41. The number of allylic oxidation sites excluding steroid dienone is 1. The number of β-amino-alcohol motifs (C(OH)–C–C–N with tert-alkyl or cyclic N) is 1. The average molecular weight is 536 g/mol. The Morgan fingerprint density at radius 3 is 2.63 bits per heavy atom. The third-order valence-electron chi connectivity index (χ3n) is 7.89. The van der Waals surface area contributed by atoms with Crippen LogP contribution < -0.4 is 4.74 Å². The Morgan fingerprint density at radius 1 is 1.29 bits per heavy atom. The fourth-order valence-corrected chi connectivity index (χ4v) is 6.55. The Labute approximate surface area is 226 Å². The van der Waals surface area contributed by atoms with E-state index in [0.717, 1.165) is 27.3 Å². The summed E-state index contributed by atoms with van der Waals surface area (Å²) in [6.45, 7) is 8.06. The Balaban J connectivity index is 1.39. The van der Waals surface area contributed by atoms with Crippen LogP contribution in [0.15, 0.2) is 52.0 Å². The summed E-state index contributed by atoms with van der Waals surface area (Å²) in [5, 5.41) is 14.5. The number of aromatic nitrogens is 2. The molecule has 5 rings (SSSR count). The summed E-state index contributed by atoms with van der Waals surface area (Å²) in [6, 6.07) is 9.40. The fraction of sp³-hybridized carbons (Fsp3) is 0.448. The van der Waals surface area contributed by atoms with Gasteiger partial charge in [-0.15, -0.1) is 11.3 Å². The van der Waals surface area contributed by atoms with E-state index in [1.54, 1.807) is 28.4 Å². The van der Waals surface area contributed by atoms with Crippen LogP contribution in [0.4, 0.5) is 0 Å². The number of carbonyl (C=O) groups excluding carboxylic acids is 2. The van der Waals surface area contributed by atoms with Crippen molar-refractivity contribution in [3.63, 3.8) is 0 Å². The number of hydrogen-bond acceptors (Lipinski definition) is 8. The van der Waals surface area contributed by atoms with Gasteiger partial charge in [-0.3, -0.25) is 9.59 Å². The number of methoxy groups -OCH3 is 1. The van der Waals surface area contributed by atoms with Crippen molar-refractivity contribution in [3.8, 4) is 16.3 Å². The molecular formula is C29H33N3O5S. The molecule has 0 saturated carbocycles. The number of rotatable bonds is 7. The molecule has 38 heavy (non-hydrogen) atoms. The number of carbonyl (C=O) groups is 2. The number of likely N-dealkylation sites (tertiary alicyclic amines) is 1. The van der Waals surface area contributed by atoms with Gasteiger partial charge in [0.25, 0.3) is 5.88 Å². The Hall–Kier alpha value is -3.30. The minimum Gasteiger partial charge on any atom is -0.479 e. The van der Waals surface area contributed by atoms with E-state index in [0.29, 0.717) is 24.5 Å². The van der Waals surface area contributed by atoms with Crippen molar-refractivity contribution in [1.82, 2.24) is 15.0 Å². The van der Waals surface area contributed by atoms with Gasteiger partial charge in [0.15, 0.2) is 11.5 Å². The van der Waals surface area contributed by atoms with Crippen LogP contribution in [0.2, 0.25) is 0 Å². The van der Waals surface area contributed by atoms with Crippen molar-refractivity contribution in [3.05, 3.63) is 64.5 Å². The minimum atomic E-state index is -0.728. The van der Waals surface area contributed by atoms with Gasteiger partial charge in [-0.25, -0.2) is 4.98 Å². The lowest BCUT2D eigenvalue weighted by Gasteiger charge is -2.31. The lowest BCUT2D eigenvalue weighted by molar-refractivity contribution is -0.135. The first-order chi connectivity index (χ1) is 18.1. The van der Waals surface area contributed by atoms with E-state index in [1.165, 1.54) is 7.11 Å². The first kappa shape index (κ1) is 26.3. The van der Waals surface area contributed by atoms with Crippen molar-refractivity contribution in [2.45, 2.75) is 64.0 Å². The molecule has 1 saturated heterocycles. The van der Waals surface area contributed by atoms with E-state index in [1.807, 2.05) is 57.5 Å². The maximum absolute atomic E-state index is 13.9. The number of nitrogens with zero attached hydrogens (tertiary/aromatic N) is 3. The summed E-state index contributed by atoms with van der Waals surface area (Å²) < 4.78 is 10.6. The number of thiazole rings is 1. The van der Waals surface area contributed by atoms with Gasteiger partial charge in [0.05, 0.1) is 40.8 Å². The lowest BCUT2D eigenvalue weighted by atomic mass is 9.77. The van der Waals surface area contributed by atoms with Gasteiger partial charge in [0.2, 0.25) is 5.91 Å². The highest BCUT2D eigenvalue weighted by atomic mass is 32.1. The van der Waals surface area contributed by atoms with Crippen LogP contribution >= 0.6 is 11.3 Å². The van der Waals surface area contributed by atoms with Crippen LogP contribution in [-0.2, 0) is 15.0 Å². The number of hydrogen-bond donors (Lipinski definition) is 1. The predicted octanol–water partition coefficient (Wildman–Crippen LogP) is 4.67. The summed E-state index contributed by atoms with van der Waals surface area (Å²) in [4.78, 5) is 34.4. The van der Waals surface area contributed by atoms with Crippen LogP contribution in [-0.4, -0.2) is 57.6 Å². The van der Waals surface area contributed by atoms with Crippen molar-refractivity contribution in [1.29, 1.82) is 0 Å². The van der Waals surface area contributed by atoms with E-state index in [-0.39, 0.29) is 30.2 Å². The zero-order valence-electron chi connectivity index (χ0n) is 22.3. The normalized spacial score (nSPS) is 24.2. The fourth-order valence-electron chi connectivity index (χ4n) is 5.74. The number of benzene rings is 1. The zero-order chi connectivity index (χ0) is 27.2. The number of amides is 1. The molecule has 1 aliphatic heterocycles. The molecule has 0 spiro atoms. The van der Waals surface area contributed by atoms with Gasteiger partial charge in [-0.1, -0.05) is 38.1 Å². The molecule has 4 atom stereocenters. The molecule has 2 aliphatic rings. The second-order valence-corrected chi connectivity index (χ2v) is 11.7. The van der Waals surface area contributed by atoms with Crippen molar-refractivity contribution in [2.24, 2.45) is 5.92 Å². The first-order valence-corrected chi connectivity index (χ1v) is 13.8. The van der Waals surface area contributed by atoms with Crippen LogP contribution in [0.25, 0.3) is 10.4 Å². The molecule has 1 amide bonds. The monoisotopic (exact) mass is 535 g/mol. The Morgan fingerprint density at radius 2 is 2.03 bits per heavy atom. The topological polar surface area (TPSA) is 106 Å². The molecule has 2 aromatic heterocycles. The maximum atomic E-state index is 13.9. The number of ether oxygens (including phenoxy) is 1. The summed E-state index contributed by atoms with van der Waals surface area (Å²) in [6.07, 6.45) is 1.92. The van der Waals surface area contributed by atoms with Crippen molar-refractivity contribution in [2.75, 3.05) is 13.7 Å². The molecule has 1 fully saturated rings. The molecule has 3 aromatic rings. The summed E-state index contributed by atoms with van der Waals surface area (Å²) in [7, 11) is 1.50. The third kappa shape index (κ3) is 4.58. The molecule has 1 N–H and O–H groups in total. The van der Waals surface area contributed by atoms with E-state index >= 15 is 0 Å². The standard InChI is InChI=1S/C29H33N3O5S/c1-16(2)26(23-12-25(36-5)31-37-23)28(35)32-14-21(33)11-22(32)19-10-24(34)29(4,13-19)20-8-6-18(7-9-20)27-17(3)30-15-38-27/h6-10,12,15-16,21-22,26,33H,11,13-14H2,1-5H3/t21-,22+,26+,29-/m1/s1. The largest absolute Gasteiger partial charge is 0.479 e. The molecule has 3 heterocycles. The predicted molar refractivity (Wildman–Crippen MR) is 144 cm³/mol. The summed E-state index contributed by atoms with van der Waals surface area (Å²) in [5.41, 5.74) is 4.99. The molecular weight excluding hydrogens is 502 g/mol. The highest BCUT2D eigenvalue weighted by Crippen LogP contribution is 2.43. The Bertz CT molecular complexity index is 1370. The Kier molecular flexibility index (Phi) is 7.00. The minimum absolute atomic E-state index is 0.0170. The van der Waals surface area contributed by atoms with Crippen LogP contribution in [0, 0.1) is 12.8 Å². The van der Waals surface area contributed by atoms with Gasteiger partial charge in [-0.2, -0.15) is 0 Å². The van der Waals surface area contributed by atoms with Gasteiger partial charge >= 0.3 is 0 Å². The number of aliphatic hydroxyl groups is 1. The molecule has 0 unspecified atom stereocenters. The van der Waals surface area contributed by atoms with Gasteiger partial charge < -0.3 is 19.3 Å². The van der Waals surface area contributed by atoms with Crippen molar-refractivity contribution < 1.29 is 24.0 Å². The van der Waals surface area contributed by atoms with Gasteiger partial charge in [-0.05, 0) is 60.5 Å². The van der Waals surface area contributed by atoms with Crippen LogP contribution in [0.3, 0.4) is 0 Å². The molecule has 1 aromatic carbocycles. The third-order valence-corrected chi connectivity index (χ3v) is 8.87. The van der Waals surface area contributed by atoms with E-state index in [9.17, 15) is 14.7 Å². The quantitative estimate of drug-likeness (QED) is 0.469.